The number of hydrogen-bond acceptors (Lipinski definition) is 3. The Hall–Kier alpha value is -1.94. The van der Waals surface area contributed by atoms with E-state index in [0.29, 0.717) is 12.5 Å². The van der Waals surface area contributed by atoms with Crippen molar-refractivity contribution in [3.63, 3.8) is 0 Å². The number of hydrogen-bond donors (Lipinski definition) is 0. The molecular weight excluding hydrogens is 316 g/mol. The standard InChI is InChI=1S/C20H22N2OS/c1-12-4-6-14(3)15(8-12)10-22-11-21-19-18(20(22)23)16-7-5-13(2)9-17(16)24-19/h4,6,8,11,13H,5,7,9-10H2,1-3H3/t13-/m0/s1. The van der Waals surface area contributed by atoms with Crippen LogP contribution in [0.3, 0.4) is 0 Å². The molecule has 0 radical (unpaired) electrons. The lowest BCUT2D eigenvalue weighted by Gasteiger charge is -2.17. The van der Waals surface area contributed by atoms with Crippen molar-refractivity contribution in [2.24, 2.45) is 5.92 Å². The van der Waals surface area contributed by atoms with Gasteiger partial charge in [0.1, 0.15) is 4.83 Å². The SMILES string of the molecule is Cc1ccc(C)c(Cn2cnc3sc4c(c3c2=O)CC[C@H](C)C4)c1. The Kier molecular flexibility index (Phi) is 3.80. The highest BCUT2D eigenvalue weighted by atomic mass is 32.1. The molecule has 0 N–H and O–H groups in total. The lowest BCUT2D eigenvalue weighted by molar-refractivity contribution is 0.509. The number of aryl methyl sites for hydroxylation is 3. The first-order valence-corrected chi connectivity index (χ1v) is 9.40. The van der Waals surface area contributed by atoms with E-state index in [2.05, 4.69) is 44.0 Å². The molecule has 1 aromatic carbocycles. The summed E-state index contributed by atoms with van der Waals surface area (Å²) in [7, 11) is 0. The molecule has 1 aliphatic rings. The summed E-state index contributed by atoms with van der Waals surface area (Å²) in [6, 6.07) is 6.39. The fourth-order valence-electron chi connectivity index (χ4n) is 3.63. The fourth-order valence-corrected chi connectivity index (χ4v) is 4.97. The van der Waals surface area contributed by atoms with Crippen molar-refractivity contribution in [2.45, 2.75) is 46.6 Å². The summed E-state index contributed by atoms with van der Waals surface area (Å²) in [4.78, 5) is 20.0. The lowest BCUT2D eigenvalue weighted by Crippen LogP contribution is -2.22. The van der Waals surface area contributed by atoms with E-state index in [1.165, 1.54) is 33.6 Å². The first-order valence-electron chi connectivity index (χ1n) is 8.58. The van der Waals surface area contributed by atoms with Gasteiger partial charge in [-0.3, -0.25) is 9.36 Å². The van der Waals surface area contributed by atoms with Gasteiger partial charge in [0, 0.05) is 4.88 Å². The number of fused-ring (bicyclic) bond motifs is 3. The molecular formula is C20H22N2OS. The van der Waals surface area contributed by atoms with Crippen LogP contribution in [0.1, 0.15) is 40.5 Å². The minimum Gasteiger partial charge on any atom is -0.294 e. The topological polar surface area (TPSA) is 34.9 Å². The maximum absolute atomic E-state index is 13.1. The number of thiophene rings is 1. The first-order chi connectivity index (χ1) is 11.5. The predicted octanol–water partition coefficient (Wildman–Crippen LogP) is 4.25. The maximum Gasteiger partial charge on any atom is 0.262 e. The molecule has 2 aromatic heterocycles. The average Bonchev–Trinajstić information content (AvgIpc) is 2.91. The number of nitrogens with zero attached hydrogens (tertiary/aromatic N) is 2. The van der Waals surface area contributed by atoms with Crippen molar-refractivity contribution in [2.75, 3.05) is 0 Å². The summed E-state index contributed by atoms with van der Waals surface area (Å²) in [6.45, 7) is 7.07. The first kappa shape index (κ1) is 15.6. The van der Waals surface area contributed by atoms with E-state index >= 15 is 0 Å². The summed E-state index contributed by atoms with van der Waals surface area (Å²) >= 11 is 1.71. The van der Waals surface area contributed by atoms with E-state index in [1.807, 2.05) is 0 Å². The van der Waals surface area contributed by atoms with Crippen LogP contribution in [-0.2, 0) is 19.4 Å². The zero-order valence-electron chi connectivity index (χ0n) is 14.4. The monoisotopic (exact) mass is 338 g/mol. The minimum atomic E-state index is 0.118. The zero-order chi connectivity index (χ0) is 16.8. The van der Waals surface area contributed by atoms with E-state index in [9.17, 15) is 4.79 Å². The molecule has 0 aliphatic heterocycles. The summed E-state index contributed by atoms with van der Waals surface area (Å²) in [5, 5.41) is 0.870. The lowest BCUT2D eigenvalue weighted by atomic mass is 9.89. The molecule has 3 nitrogen and oxygen atoms in total. The molecule has 1 atom stereocenters. The van der Waals surface area contributed by atoms with Crippen LogP contribution in [-0.4, -0.2) is 9.55 Å². The van der Waals surface area contributed by atoms with Crippen molar-refractivity contribution in [3.05, 3.63) is 62.0 Å². The minimum absolute atomic E-state index is 0.118. The van der Waals surface area contributed by atoms with E-state index in [4.69, 9.17) is 0 Å². The van der Waals surface area contributed by atoms with Crippen LogP contribution in [0.25, 0.3) is 10.2 Å². The van der Waals surface area contributed by atoms with Crippen molar-refractivity contribution in [3.8, 4) is 0 Å². The van der Waals surface area contributed by atoms with Crippen LogP contribution in [0.15, 0.2) is 29.3 Å². The van der Waals surface area contributed by atoms with Crippen molar-refractivity contribution in [1.29, 1.82) is 0 Å². The van der Waals surface area contributed by atoms with Crippen LogP contribution in [0.2, 0.25) is 0 Å². The second kappa shape index (κ2) is 5.85. The van der Waals surface area contributed by atoms with Gasteiger partial charge in [0.25, 0.3) is 5.56 Å². The summed E-state index contributed by atoms with van der Waals surface area (Å²) in [5.74, 6) is 0.711. The van der Waals surface area contributed by atoms with Gasteiger partial charge in [0.2, 0.25) is 0 Å². The Bertz CT molecular complexity index is 983. The molecule has 0 unspecified atom stereocenters. The smallest absolute Gasteiger partial charge is 0.262 e. The predicted molar refractivity (Wildman–Crippen MR) is 100 cm³/mol. The van der Waals surface area contributed by atoms with Crippen molar-refractivity contribution in [1.82, 2.24) is 9.55 Å². The highest BCUT2D eigenvalue weighted by molar-refractivity contribution is 7.18. The van der Waals surface area contributed by atoms with Gasteiger partial charge in [-0.1, -0.05) is 30.7 Å². The van der Waals surface area contributed by atoms with E-state index in [1.54, 1.807) is 22.2 Å². The summed E-state index contributed by atoms with van der Waals surface area (Å²) in [6.07, 6.45) is 5.00. The van der Waals surface area contributed by atoms with Gasteiger partial charge >= 0.3 is 0 Å². The number of benzene rings is 1. The molecule has 4 heteroatoms. The quantitative estimate of drug-likeness (QED) is 0.700. The van der Waals surface area contributed by atoms with Crippen LogP contribution in [0.4, 0.5) is 0 Å². The molecule has 0 amide bonds. The molecule has 1 aliphatic carbocycles. The molecule has 0 saturated carbocycles. The molecule has 124 valence electrons. The van der Waals surface area contributed by atoms with Gasteiger partial charge in [0.15, 0.2) is 0 Å². The summed E-state index contributed by atoms with van der Waals surface area (Å²) in [5.41, 5.74) is 5.01. The van der Waals surface area contributed by atoms with Crippen LogP contribution >= 0.6 is 11.3 Å². The van der Waals surface area contributed by atoms with Gasteiger partial charge in [-0.25, -0.2) is 4.98 Å². The van der Waals surface area contributed by atoms with Crippen LogP contribution in [0.5, 0.6) is 0 Å². The van der Waals surface area contributed by atoms with Crippen molar-refractivity contribution < 1.29 is 0 Å². The third kappa shape index (κ3) is 2.59. The fraction of sp³-hybridized carbons (Fsp3) is 0.400. The largest absolute Gasteiger partial charge is 0.294 e. The Morgan fingerprint density at radius 3 is 3.00 bits per heavy atom. The highest BCUT2D eigenvalue weighted by Crippen LogP contribution is 2.35. The van der Waals surface area contributed by atoms with Gasteiger partial charge < -0.3 is 0 Å². The third-order valence-corrected chi connectivity index (χ3v) is 6.29. The van der Waals surface area contributed by atoms with Crippen LogP contribution in [0, 0.1) is 19.8 Å². The normalized spacial score (nSPS) is 17.2. The number of rotatable bonds is 2. The van der Waals surface area contributed by atoms with E-state index < -0.39 is 0 Å². The Morgan fingerprint density at radius 1 is 1.33 bits per heavy atom. The van der Waals surface area contributed by atoms with E-state index in [0.717, 1.165) is 23.1 Å². The zero-order valence-corrected chi connectivity index (χ0v) is 15.2. The third-order valence-electron chi connectivity index (χ3n) is 5.13. The highest BCUT2D eigenvalue weighted by Gasteiger charge is 2.23. The second-order valence-corrected chi connectivity index (χ2v) is 8.22. The van der Waals surface area contributed by atoms with Gasteiger partial charge in [-0.2, -0.15) is 0 Å². The number of aromatic nitrogens is 2. The molecule has 3 aromatic rings. The second-order valence-electron chi connectivity index (χ2n) is 7.14. The van der Waals surface area contributed by atoms with Gasteiger partial charge in [-0.15, -0.1) is 11.3 Å². The van der Waals surface area contributed by atoms with Gasteiger partial charge in [-0.05, 0) is 55.7 Å². The van der Waals surface area contributed by atoms with Crippen LogP contribution < -0.4 is 5.56 Å². The molecule has 4 rings (SSSR count). The molecule has 24 heavy (non-hydrogen) atoms. The molecule has 0 bridgehead atoms. The van der Waals surface area contributed by atoms with E-state index in [-0.39, 0.29) is 5.56 Å². The molecule has 0 saturated heterocycles. The van der Waals surface area contributed by atoms with Crippen molar-refractivity contribution >= 4 is 21.6 Å². The van der Waals surface area contributed by atoms with Gasteiger partial charge in [0.05, 0.1) is 18.3 Å². The average molecular weight is 338 g/mol. The Morgan fingerprint density at radius 2 is 2.17 bits per heavy atom. The molecule has 0 spiro atoms. The molecule has 2 heterocycles. The summed E-state index contributed by atoms with van der Waals surface area (Å²) < 4.78 is 1.77. The Balaban J connectivity index is 1.81. The Labute approximate surface area is 146 Å². The molecule has 0 fully saturated rings. The maximum atomic E-state index is 13.1.